The molecule has 0 aliphatic carbocycles. The third-order valence-electron chi connectivity index (χ3n) is 4.02. The highest BCUT2D eigenvalue weighted by atomic mass is 35.5. The molecule has 0 aliphatic heterocycles. The van der Waals surface area contributed by atoms with Gasteiger partial charge >= 0.3 is 0 Å². The molecule has 0 spiro atoms. The maximum Gasteiger partial charge on any atom is 0.234 e. The van der Waals surface area contributed by atoms with E-state index in [1.54, 1.807) is 29.5 Å². The predicted octanol–water partition coefficient (Wildman–Crippen LogP) is 4.54. The molecular formula is C17H14Cl2N6OS2. The molecule has 0 saturated heterocycles. The molecule has 7 nitrogen and oxygen atoms in total. The summed E-state index contributed by atoms with van der Waals surface area (Å²) in [5.74, 6) is 0.718. The third kappa shape index (κ3) is 3.62. The van der Waals surface area contributed by atoms with E-state index in [1.165, 1.54) is 11.8 Å². The van der Waals surface area contributed by atoms with Crippen LogP contribution in [0.3, 0.4) is 0 Å². The minimum atomic E-state index is -0.173. The summed E-state index contributed by atoms with van der Waals surface area (Å²) in [5.41, 5.74) is 2.38. The van der Waals surface area contributed by atoms with Crippen molar-refractivity contribution in [3.05, 3.63) is 45.5 Å². The number of aryl methyl sites for hydroxylation is 1. The van der Waals surface area contributed by atoms with Crippen LogP contribution in [-0.2, 0) is 11.8 Å². The minimum Gasteiger partial charge on any atom is -0.325 e. The number of rotatable bonds is 5. The van der Waals surface area contributed by atoms with Crippen LogP contribution in [0.4, 0.5) is 5.69 Å². The van der Waals surface area contributed by atoms with E-state index in [0.29, 0.717) is 26.7 Å². The second-order valence-electron chi connectivity index (χ2n) is 5.93. The number of nitrogens with one attached hydrogen (secondary N) is 1. The third-order valence-corrected chi connectivity index (χ3v) is 6.53. The van der Waals surface area contributed by atoms with Crippen LogP contribution in [0.25, 0.3) is 16.5 Å². The number of carbonyl (C=O) groups is 1. The number of carbonyl (C=O) groups excluding carboxylic acids is 1. The summed E-state index contributed by atoms with van der Waals surface area (Å²) in [6.45, 7) is 1.95. The van der Waals surface area contributed by atoms with Gasteiger partial charge in [0.15, 0.2) is 15.9 Å². The summed E-state index contributed by atoms with van der Waals surface area (Å²) in [6.07, 6.45) is 1.96. The van der Waals surface area contributed by atoms with Crippen LogP contribution in [0.2, 0.25) is 10.0 Å². The molecule has 0 fully saturated rings. The van der Waals surface area contributed by atoms with Crippen molar-refractivity contribution in [1.82, 2.24) is 24.1 Å². The summed E-state index contributed by atoms with van der Waals surface area (Å²) in [4.78, 5) is 17.7. The smallest absolute Gasteiger partial charge is 0.234 e. The van der Waals surface area contributed by atoms with Crippen LogP contribution < -0.4 is 5.32 Å². The first-order chi connectivity index (χ1) is 13.4. The van der Waals surface area contributed by atoms with Crippen molar-refractivity contribution >= 4 is 62.9 Å². The Hall–Kier alpha value is -2.07. The first-order valence-electron chi connectivity index (χ1n) is 8.13. The van der Waals surface area contributed by atoms with Gasteiger partial charge in [0.05, 0.1) is 21.5 Å². The Bertz CT molecular complexity index is 1180. The number of thiazole rings is 1. The molecule has 3 aromatic heterocycles. The normalized spacial score (nSPS) is 11.3. The van der Waals surface area contributed by atoms with E-state index in [9.17, 15) is 4.79 Å². The van der Waals surface area contributed by atoms with Gasteiger partial charge in [0.25, 0.3) is 0 Å². The predicted molar refractivity (Wildman–Crippen MR) is 114 cm³/mol. The van der Waals surface area contributed by atoms with E-state index in [-0.39, 0.29) is 11.7 Å². The fourth-order valence-electron chi connectivity index (χ4n) is 2.71. The average molecular weight is 453 g/mol. The number of thioether (sulfide) groups is 1. The van der Waals surface area contributed by atoms with E-state index in [1.807, 2.05) is 34.5 Å². The molecule has 0 atom stereocenters. The SMILES string of the molecule is Cc1nc2sccn2c1-c1nnc(SCC(=O)Nc2ccc(Cl)c(Cl)c2)n1C. The molecule has 0 aliphatic rings. The summed E-state index contributed by atoms with van der Waals surface area (Å²) in [5, 5.41) is 14.8. The van der Waals surface area contributed by atoms with Gasteiger partial charge in [-0.1, -0.05) is 35.0 Å². The van der Waals surface area contributed by atoms with Gasteiger partial charge in [0, 0.05) is 24.3 Å². The van der Waals surface area contributed by atoms with Gasteiger partial charge in [-0.2, -0.15) is 0 Å². The summed E-state index contributed by atoms with van der Waals surface area (Å²) >= 11 is 14.7. The average Bonchev–Trinajstić information content (AvgIpc) is 3.32. The van der Waals surface area contributed by atoms with E-state index in [0.717, 1.165) is 16.3 Å². The fourth-order valence-corrected chi connectivity index (χ4v) is 4.48. The molecule has 1 amide bonds. The Labute approximate surface area is 178 Å². The van der Waals surface area contributed by atoms with E-state index in [2.05, 4.69) is 20.5 Å². The van der Waals surface area contributed by atoms with Gasteiger partial charge in [-0.05, 0) is 25.1 Å². The van der Waals surface area contributed by atoms with Crippen molar-refractivity contribution in [2.75, 3.05) is 11.1 Å². The molecule has 0 unspecified atom stereocenters. The van der Waals surface area contributed by atoms with Gasteiger partial charge < -0.3 is 9.88 Å². The van der Waals surface area contributed by atoms with E-state index >= 15 is 0 Å². The number of halogens is 2. The Morgan fingerprint density at radius 3 is 2.89 bits per heavy atom. The van der Waals surface area contributed by atoms with Crippen molar-refractivity contribution in [3.8, 4) is 11.5 Å². The summed E-state index contributed by atoms with van der Waals surface area (Å²) < 4.78 is 3.86. The lowest BCUT2D eigenvalue weighted by Crippen LogP contribution is -2.14. The number of fused-ring (bicyclic) bond motifs is 1. The van der Waals surface area contributed by atoms with Gasteiger partial charge in [0.1, 0.15) is 5.69 Å². The Balaban J connectivity index is 1.47. The van der Waals surface area contributed by atoms with Crippen molar-refractivity contribution in [1.29, 1.82) is 0 Å². The molecule has 1 N–H and O–H groups in total. The van der Waals surface area contributed by atoms with Crippen LogP contribution in [0.5, 0.6) is 0 Å². The van der Waals surface area contributed by atoms with Gasteiger partial charge in [-0.25, -0.2) is 4.98 Å². The lowest BCUT2D eigenvalue weighted by Gasteiger charge is -2.06. The standard InChI is InChI=1S/C17H14Cl2N6OS2/c1-9-14(25-5-6-27-16(25)20-9)15-22-23-17(24(15)2)28-8-13(26)21-10-3-4-11(18)12(19)7-10/h3-7H,8H2,1-2H3,(H,21,26). The number of amides is 1. The molecule has 4 aromatic rings. The molecule has 28 heavy (non-hydrogen) atoms. The molecule has 0 radical (unpaired) electrons. The maximum atomic E-state index is 12.2. The van der Waals surface area contributed by atoms with Crippen LogP contribution >= 0.6 is 46.3 Å². The second kappa shape index (κ2) is 7.75. The molecule has 3 heterocycles. The largest absolute Gasteiger partial charge is 0.325 e. The lowest BCUT2D eigenvalue weighted by molar-refractivity contribution is -0.113. The lowest BCUT2D eigenvalue weighted by atomic mass is 10.3. The van der Waals surface area contributed by atoms with Gasteiger partial charge in [-0.15, -0.1) is 21.5 Å². The highest BCUT2D eigenvalue weighted by Gasteiger charge is 2.19. The van der Waals surface area contributed by atoms with Crippen molar-refractivity contribution in [2.24, 2.45) is 7.05 Å². The first kappa shape index (κ1) is 19.3. The molecule has 0 bridgehead atoms. The van der Waals surface area contributed by atoms with Crippen LogP contribution in [0, 0.1) is 6.92 Å². The number of imidazole rings is 1. The van der Waals surface area contributed by atoms with E-state index in [4.69, 9.17) is 23.2 Å². The van der Waals surface area contributed by atoms with Crippen LogP contribution in [0.15, 0.2) is 34.9 Å². The fraction of sp³-hybridized carbons (Fsp3) is 0.176. The van der Waals surface area contributed by atoms with E-state index < -0.39 is 0 Å². The van der Waals surface area contributed by atoms with Gasteiger partial charge in [0.2, 0.25) is 5.91 Å². The number of hydrogen-bond acceptors (Lipinski definition) is 6. The summed E-state index contributed by atoms with van der Waals surface area (Å²) in [7, 11) is 1.87. The van der Waals surface area contributed by atoms with Crippen molar-refractivity contribution < 1.29 is 4.79 Å². The van der Waals surface area contributed by atoms with Crippen molar-refractivity contribution in [2.45, 2.75) is 12.1 Å². The zero-order valence-corrected chi connectivity index (χ0v) is 18.0. The van der Waals surface area contributed by atoms with Gasteiger partial charge in [-0.3, -0.25) is 9.20 Å². The molecule has 0 saturated carbocycles. The quantitative estimate of drug-likeness (QED) is 0.449. The second-order valence-corrected chi connectivity index (χ2v) is 8.56. The Kier molecular flexibility index (Phi) is 5.33. The summed E-state index contributed by atoms with van der Waals surface area (Å²) in [6, 6.07) is 4.95. The minimum absolute atomic E-state index is 0.173. The number of anilines is 1. The number of benzene rings is 1. The first-order valence-corrected chi connectivity index (χ1v) is 10.8. The Morgan fingerprint density at radius 1 is 1.29 bits per heavy atom. The number of nitrogens with zero attached hydrogens (tertiary/aromatic N) is 5. The topological polar surface area (TPSA) is 77.1 Å². The Morgan fingerprint density at radius 2 is 2.11 bits per heavy atom. The monoisotopic (exact) mass is 452 g/mol. The van der Waals surface area contributed by atoms with Crippen LogP contribution in [0.1, 0.15) is 5.69 Å². The molecule has 144 valence electrons. The highest BCUT2D eigenvalue weighted by Crippen LogP contribution is 2.28. The zero-order chi connectivity index (χ0) is 19.8. The molecular weight excluding hydrogens is 439 g/mol. The van der Waals surface area contributed by atoms with Crippen LogP contribution in [-0.4, -0.2) is 35.8 Å². The molecule has 11 heteroatoms. The highest BCUT2D eigenvalue weighted by molar-refractivity contribution is 7.99. The molecule has 4 rings (SSSR count). The maximum absolute atomic E-state index is 12.2. The zero-order valence-electron chi connectivity index (χ0n) is 14.8. The number of hydrogen-bond donors (Lipinski definition) is 1. The molecule has 1 aromatic carbocycles. The van der Waals surface area contributed by atoms with Crippen molar-refractivity contribution in [3.63, 3.8) is 0 Å². The number of aromatic nitrogens is 5.